The van der Waals surface area contributed by atoms with E-state index in [1.807, 2.05) is 23.1 Å². The highest BCUT2D eigenvalue weighted by Crippen LogP contribution is 2.41. The van der Waals surface area contributed by atoms with Gasteiger partial charge in [0.25, 0.3) is 5.91 Å². The molecule has 6 heteroatoms. The SMILES string of the molecule is CNC(=O)c1c(-c2ccc(F)cc2)oc2cc(N3CCCC3=O)c(C3=CC=C(C4CCCCCC4)C=CC=C3)cc12. The van der Waals surface area contributed by atoms with Gasteiger partial charge in [-0.2, -0.15) is 0 Å². The number of amides is 2. The number of anilines is 1. The first-order valence-corrected chi connectivity index (χ1v) is 14.7. The van der Waals surface area contributed by atoms with Gasteiger partial charge in [-0.1, -0.05) is 62.1 Å². The van der Waals surface area contributed by atoms with E-state index in [0.29, 0.717) is 46.7 Å². The van der Waals surface area contributed by atoms with Gasteiger partial charge in [0.2, 0.25) is 5.91 Å². The van der Waals surface area contributed by atoms with Crippen molar-refractivity contribution in [1.29, 1.82) is 0 Å². The molecule has 41 heavy (non-hydrogen) atoms. The van der Waals surface area contributed by atoms with Crippen LogP contribution in [0.1, 0.15) is 67.3 Å². The normalized spacial score (nSPS) is 18.2. The lowest BCUT2D eigenvalue weighted by molar-refractivity contribution is -0.117. The first-order chi connectivity index (χ1) is 20.0. The Morgan fingerprint density at radius 1 is 0.976 bits per heavy atom. The Morgan fingerprint density at radius 3 is 2.44 bits per heavy atom. The van der Waals surface area contributed by atoms with E-state index >= 15 is 0 Å². The molecule has 0 spiro atoms. The molecule has 0 atom stereocenters. The van der Waals surface area contributed by atoms with Gasteiger partial charge >= 0.3 is 0 Å². The molecule has 3 aromatic rings. The number of furan rings is 1. The molecule has 0 unspecified atom stereocenters. The maximum Gasteiger partial charge on any atom is 0.255 e. The van der Waals surface area contributed by atoms with Gasteiger partial charge in [-0.3, -0.25) is 9.59 Å². The van der Waals surface area contributed by atoms with E-state index in [9.17, 15) is 14.0 Å². The smallest absolute Gasteiger partial charge is 0.255 e. The van der Waals surface area contributed by atoms with Gasteiger partial charge in [0.05, 0.1) is 11.3 Å². The first kappa shape index (κ1) is 27.0. The van der Waals surface area contributed by atoms with E-state index in [2.05, 4.69) is 35.7 Å². The highest BCUT2D eigenvalue weighted by atomic mass is 19.1. The zero-order valence-electron chi connectivity index (χ0n) is 23.4. The summed E-state index contributed by atoms with van der Waals surface area (Å²) in [4.78, 5) is 28.0. The average molecular weight is 551 g/mol. The third-order valence-corrected chi connectivity index (χ3v) is 8.50. The number of fused-ring (bicyclic) bond motifs is 1. The van der Waals surface area contributed by atoms with Crippen molar-refractivity contribution < 1.29 is 18.4 Å². The zero-order valence-corrected chi connectivity index (χ0v) is 23.4. The van der Waals surface area contributed by atoms with Gasteiger partial charge in [0.1, 0.15) is 17.2 Å². The van der Waals surface area contributed by atoms with Crippen molar-refractivity contribution >= 4 is 34.0 Å². The molecular weight excluding hydrogens is 515 g/mol. The van der Waals surface area contributed by atoms with Gasteiger partial charge in [0.15, 0.2) is 0 Å². The first-order valence-electron chi connectivity index (χ1n) is 14.7. The number of carbonyl (C=O) groups is 2. The number of allylic oxidation sites excluding steroid dienone is 8. The summed E-state index contributed by atoms with van der Waals surface area (Å²) in [6, 6.07) is 9.77. The summed E-state index contributed by atoms with van der Waals surface area (Å²) in [6.45, 7) is 0.630. The number of nitrogens with zero attached hydrogens (tertiary/aromatic N) is 1. The van der Waals surface area contributed by atoms with Crippen LogP contribution in [-0.4, -0.2) is 25.4 Å². The largest absolute Gasteiger partial charge is 0.455 e. The summed E-state index contributed by atoms with van der Waals surface area (Å²) in [5, 5.41) is 3.38. The second kappa shape index (κ2) is 11.7. The van der Waals surface area contributed by atoms with Crippen LogP contribution in [0.2, 0.25) is 0 Å². The molecule has 2 heterocycles. The molecule has 2 aliphatic carbocycles. The lowest BCUT2D eigenvalue weighted by Gasteiger charge is -2.21. The summed E-state index contributed by atoms with van der Waals surface area (Å²) in [5.74, 6) is 0.339. The molecule has 2 amide bonds. The van der Waals surface area contributed by atoms with E-state index in [-0.39, 0.29) is 17.6 Å². The topological polar surface area (TPSA) is 62.6 Å². The Labute approximate surface area is 240 Å². The fourth-order valence-electron chi connectivity index (χ4n) is 6.33. The molecule has 0 radical (unpaired) electrons. The maximum atomic E-state index is 13.7. The van der Waals surface area contributed by atoms with Crippen molar-refractivity contribution in [3.8, 4) is 11.3 Å². The highest BCUT2D eigenvalue weighted by molar-refractivity contribution is 6.13. The molecule has 2 fully saturated rings. The molecule has 3 aliphatic rings. The second-order valence-electron chi connectivity index (χ2n) is 11.1. The van der Waals surface area contributed by atoms with Crippen molar-refractivity contribution in [2.24, 2.45) is 5.92 Å². The fourth-order valence-corrected chi connectivity index (χ4v) is 6.33. The number of nitrogens with one attached hydrogen (secondary N) is 1. The van der Waals surface area contributed by atoms with Crippen molar-refractivity contribution in [1.82, 2.24) is 5.32 Å². The molecule has 5 nitrogen and oxygen atoms in total. The summed E-state index contributed by atoms with van der Waals surface area (Å²) >= 11 is 0. The predicted octanol–water partition coefficient (Wildman–Crippen LogP) is 8.13. The number of benzene rings is 2. The third-order valence-electron chi connectivity index (χ3n) is 8.50. The number of hydrogen-bond acceptors (Lipinski definition) is 3. The van der Waals surface area contributed by atoms with Gasteiger partial charge in [0, 0.05) is 42.6 Å². The zero-order chi connectivity index (χ0) is 28.3. The molecular formula is C35H35FN2O3. The van der Waals surface area contributed by atoms with E-state index < -0.39 is 0 Å². The van der Waals surface area contributed by atoms with Crippen LogP contribution in [0, 0.1) is 11.7 Å². The number of carbonyl (C=O) groups excluding carboxylic acids is 2. The molecule has 1 aliphatic heterocycles. The maximum absolute atomic E-state index is 13.7. The van der Waals surface area contributed by atoms with E-state index in [1.165, 1.54) is 56.2 Å². The van der Waals surface area contributed by atoms with E-state index in [4.69, 9.17) is 4.42 Å². The summed E-state index contributed by atoms with van der Waals surface area (Å²) < 4.78 is 20.0. The second-order valence-corrected chi connectivity index (χ2v) is 11.1. The summed E-state index contributed by atoms with van der Waals surface area (Å²) in [5.41, 5.74) is 5.44. The quantitative estimate of drug-likeness (QED) is 0.326. The Bertz CT molecular complexity index is 1600. The molecule has 210 valence electrons. The standard InChI is InChI=1S/C35H35FN2O3/c1-37-35(40)33-29-21-28(25-12-7-6-11-24(14-15-25)23-9-4-2-3-5-10-23)30(38-20-8-13-32(38)39)22-31(29)41-34(33)26-16-18-27(36)19-17-26/h6-7,11-12,14-19,21-23H,2-5,8-10,13,20H2,1H3,(H,37,40). The van der Waals surface area contributed by atoms with Crippen LogP contribution in [0.25, 0.3) is 27.9 Å². The van der Waals surface area contributed by atoms with Crippen LogP contribution in [0.4, 0.5) is 10.1 Å². The number of rotatable bonds is 5. The Balaban J connectivity index is 1.54. The molecule has 0 bridgehead atoms. The Kier molecular flexibility index (Phi) is 7.73. The van der Waals surface area contributed by atoms with Crippen LogP contribution in [0.3, 0.4) is 0 Å². The van der Waals surface area contributed by atoms with Gasteiger partial charge < -0.3 is 14.6 Å². The van der Waals surface area contributed by atoms with Crippen molar-refractivity contribution in [3.63, 3.8) is 0 Å². The minimum atomic E-state index is -0.364. The monoisotopic (exact) mass is 550 g/mol. The van der Waals surface area contributed by atoms with Gasteiger partial charge in [-0.15, -0.1) is 0 Å². The molecule has 2 aromatic carbocycles. The molecule has 1 saturated heterocycles. The van der Waals surface area contributed by atoms with Gasteiger partial charge in [-0.25, -0.2) is 4.39 Å². The lowest BCUT2D eigenvalue weighted by Crippen LogP contribution is -2.24. The lowest BCUT2D eigenvalue weighted by atomic mass is 9.89. The number of hydrogen-bond donors (Lipinski definition) is 1. The molecule has 1 saturated carbocycles. The number of halogens is 1. The van der Waals surface area contributed by atoms with Crippen molar-refractivity contribution in [2.75, 3.05) is 18.5 Å². The van der Waals surface area contributed by atoms with Crippen LogP contribution in [0.15, 0.2) is 82.8 Å². The third kappa shape index (κ3) is 5.43. The van der Waals surface area contributed by atoms with Crippen LogP contribution in [-0.2, 0) is 4.79 Å². The minimum Gasteiger partial charge on any atom is -0.455 e. The molecule has 1 aromatic heterocycles. The Hall–Kier alpha value is -4.19. The molecule has 6 rings (SSSR count). The van der Waals surface area contributed by atoms with E-state index in [1.54, 1.807) is 19.2 Å². The van der Waals surface area contributed by atoms with Gasteiger partial charge in [-0.05, 0) is 66.7 Å². The summed E-state index contributed by atoms with van der Waals surface area (Å²) in [7, 11) is 1.58. The van der Waals surface area contributed by atoms with Crippen LogP contribution >= 0.6 is 0 Å². The van der Waals surface area contributed by atoms with E-state index in [0.717, 1.165) is 23.2 Å². The minimum absolute atomic E-state index is 0.0763. The van der Waals surface area contributed by atoms with Crippen molar-refractivity contribution in [3.05, 3.63) is 95.4 Å². The average Bonchev–Trinajstić information content (AvgIpc) is 3.45. The predicted molar refractivity (Wildman–Crippen MR) is 162 cm³/mol. The van der Waals surface area contributed by atoms with Crippen molar-refractivity contribution in [2.45, 2.75) is 51.4 Å². The van der Waals surface area contributed by atoms with Crippen LogP contribution in [0.5, 0.6) is 0 Å². The highest BCUT2D eigenvalue weighted by Gasteiger charge is 2.29. The molecule has 1 N–H and O–H groups in total. The Morgan fingerprint density at radius 2 is 1.73 bits per heavy atom. The van der Waals surface area contributed by atoms with Crippen LogP contribution < -0.4 is 10.2 Å². The summed E-state index contributed by atoms with van der Waals surface area (Å²) in [6.07, 6.45) is 21.7. The fraction of sp³-hybridized carbons (Fsp3) is 0.314.